The summed E-state index contributed by atoms with van der Waals surface area (Å²) in [5.74, 6) is -3.18. The van der Waals surface area contributed by atoms with Gasteiger partial charge in [-0.15, -0.1) is 5.11 Å². The molecule has 2 heterocycles. The number of carboxylic acid groups (broad SMARTS) is 1. The molecule has 2 rings (SSSR count). The van der Waals surface area contributed by atoms with Crippen molar-refractivity contribution in [3.05, 3.63) is 17.5 Å². The van der Waals surface area contributed by atoms with Crippen molar-refractivity contribution in [2.75, 3.05) is 0 Å². The van der Waals surface area contributed by atoms with Gasteiger partial charge >= 0.3 is 18.1 Å². The molecule has 1 aliphatic rings. The largest absolute Gasteiger partial charge is 0.490 e. The molecular formula is C7H4F3N3O4. The van der Waals surface area contributed by atoms with Crippen LogP contribution in [0.2, 0.25) is 0 Å². The molecular weight excluding hydrogens is 247 g/mol. The van der Waals surface area contributed by atoms with E-state index in [-0.39, 0.29) is 5.69 Å². The molecule has 0 bridgehead atoms. The molecule has 0 saturated heterocycles. The lowest BCUT2D eigenvalue weighted by Gasteiger charge is -1.95. The fourth-order valence-corrected chi connectivity index (χ4v) is 0.769. The van der Waals surface area contributed by atoms with Crippen LogP contribution >= 0.6 is 0 Å². The second-order valence-corrected chi connectivity index (χ2v) is 2.70. The van der Waals surface area contributed by atoms with E-state index in [1.54, 1.807) is 0 Å². The summed E-state index contributed by atoms with van der Waals surface area (Å²) < 4.78 is 36.3. The first-order chi connectivity index (χ1) is 7.82. The number of azo groups is 1. The number of carbonyl (C=O) groups is 2. The third kappa shape index (κ3) is 3.36. The first-order valence-corrected chi connectivity index (χ1v) is 3.97. The van der Waals surface area contributed by atoms with Crippen LogP contribution in [0.15, 0.2) is 21.0 Å². The van der Waals surface area contributed by atoms with Crippen molar-refractivity contribution in [2.24, 2.45) is 10.2 Å². The molecule has 0 aliphatic carbocycles. The van der Waals surface area contributed by atoms with Gasteiger partial charge < -0.3 is 9.63 Å². The molecule has 1 aromatic heterocycles. The van der Waals surface area contributed by atoms with Crippen molar-refractivity contribution in [3.63, 3.8) is 0 Å². The minimum atomic E-state index is -5.08. The summed E-state index contributed by atoms with van der Waals surface area (Å²) in [6.45, 7) is 0.393. The molecule has 1 aliphatic heterocycles. The van der Waals surface area contributed by atoms with Crippen LogP contribution in [-0.2, 0) is 11.3 Å². The van der Waals surface area contributed by atoms with Crippen molar-refractivity contribution in [3.8, 4) is 0 Å². The predicted molar refractivity (Wildman–Crippen MR) is 43.1 cm³/mol. The highest BCUT2D eigenvalue weighted by molar-refractivity contribution is 5.94. The average Bonchev–Trinajstić information content (AvgIpc) is 2.66. The van der Waals surface area contributed by atoms with Crippen LogP contribution in [0, 0.1) is 0 Å². The number of aliphatic carboxylic acids is 1. The van der Waals surface area contributed by atoms with E-state index in [9.17, 15) is 18.0 Å². The molecule has 1 N–H and O–H groups in total. The summed E-state index contributed by atoms with van der Waals surface area (Å²) in [6.07, 6.45) is -3.68. The van der Waals surface area contributed by atoms with Crippen LogP contribution in [0.3, 0.4) is 0 Å². The number of carboxylic acids is 1. The first-order valence-electron chi connectivity index (χ1n) is 3.97. The molecule has 7 nitrogen and oxygen atoms in total. The van der Waals surface area contributed by atoms with Gasteiger partial charge in [0.2, 0.25) is 0 Å². The molecule has 1 aromatic rings. The number of fused-ring (bicyclic) bond motifs is 1. The maximum Gasteiger partial charge on any atom is 0.490 e. The summed E-state index contributed by atoms with van der Waals surface area (Å²) in [5, 5.41) is 17.4. The minimum absolute atomic E-state index is 0.287. The van der Waals surface area contributed by atoms with E-state index in [1.807, 2.05) is 0 Å². The number of carbonyl (C=O) groups excluding carboxylic acids is 1. The van der Waals surface area contributed by atoms with E-state index >= 15 is 0 Å². The Hall–Kier alpha value is -2.26. The van der Waals surface area contributed by atoms with E-state index in [0.29, 0.717) is 12.1 Å². The van der Waals surface area contributed by atoms with Gasteiger partial charge in [0.1, 0.15) is 6.26 Å². The van der Waals surface area contributed by atoms with Gasteiger partial charge in [-0.1, -0.05) is 5.16 Å². The Balaban J connectivity index is 0.000000185. The first kappa shape index (κ1) is 12.8. The number of nitrogens with zero attached hydrogens (tertiary/aromatic N) is 3. The molecule has 10 heteroatoms. The van der Waals surface area contributed by atoms with E-state index in [2.05, 4.69) is 19.9 Å². The Morgan fingerprint density at radius 3 is 2.53 bits per heavy atom. The predicted octanol–water partition coefficient (Wildman–Crippen LogP) is 1.41. The van der Waals surface area contributed by atoms with Crippen molar-refractivity contribution >= 4 is 11.9 Å². The topological polar surface area (TPSA) is 105 Å². The third-order valence-corrected chi connectivity index (χ3v) is 1.49. The summed E-state index contributed by atoms with van der Waals surface area (Å²) in [5.41, 5.74) is 0.995. The summed E-state index contributed by atoms with van der Waals surface area (Å²) >= 11 is 0. The van der Waals surface area contributed by atoms with Crippen molar-refractivity contribution in [1.29, 1.82) is 0 Å². The number of hydrogen-bond donors (Lipinski definition) is 1. The number of aromatic nitrogens is 1. The van der Waals surface area contributed by atoms with Crippen LogP contribution < -0.4 is 0 Å². The number of halogens is 3. The third-order valence-electron chi connectivity index (χ3n) is 1.49. The number of amides is 1. The highest BCUT2D eigenvalue weighted by atomic mass is 19.4. The van der Waals surface area contributed by atoms with Crippen LogP contribution in [0.4, 0.5) is 13.2 Å². The molecule has 0 unspecified atom stereocenters. The fraction of sp³-hybridized carbons (Fsp3) is 0.286. The Morgan fingerprint density at radius 2 is 2.06 bits per heavy atom. The normalized spacial score (nSPS) is 13.7. The van der Waals surface area contributed by atoms with E-state index in [1.165, 1.54) is 6.26 Å². The van der Waals surface area contributed by atoms with Crippen molar-refractivity contribution < 1.29 is 32.4 Å². The number of alkyl halides is 3. The summed E-state index contributed by atoms with van der Waals surface area (Å²) in [6, 6.07) is 0. The summed E-state index contributed by atoms with van der Waals surface area (Å²) in [4.78, 5) is 19.7. The quantitative estimate of drug-likeness (QED) is 0.750. The van der Waals surface area contributed by atoms with Crippen LogP contribution in [-0.4, -0.2) is 28.3 Å². The standard InChI is InChI=1S/C5H3N3O2.C2HF3O2/c9-5-4-3(1-6-7-5)2-10-8-4;3-2(4,5)1(6)7/h2H,1H2;(H,6,7). The number of hydrogen-bond acceptors (Lipinski definition) is 5. The SMILES string of the molecule is O=C(O)C(F)(F)F.O=C1N=NCc2conc21. The smallest absolute Gasteiger partial charge is 0.475 e. The Kier molecular flexibility index (Phi) is 3.55. The second kappa shape index (κ2) is 4.72. The zero-order valence-electron chi connectivity index (χ0n) is 7.93. The number of rotatable bonds is 0. The molecule has 0 aromatic carbocycles. The average molecular weight is 251 g/mol. The second-order valence-electron chi connectivity index (χ2n) is 2.70. The van der Waals surface area contributed by atoms with Crippen LogP contribution in [0.25, 0.3) is 0 Å². The molecule has 0 radical (unpaired) electrons. The maximum absolute atomic E-state index is 10.8. The highest BCUT2D eigenvalue weighted by Crippen LogP contribution is 2.14. The molecule has 0 atom stereocenters. The van der Waals surface area contributed by atoms with Gasteiger partial charge in [0.15, 0.2) is 5.69 Å². The van der Waals surface area contributed by atoms with Gasteiger partial charge in [-0.25, -0.2) is 4.79 Å². The molecule has 92 valence electrons. The van der Waals surface area contributed by atoms with E-state index in [0.717, 1.165) is 0 Å². The zero-order chi connectivity index (χ0) is 13.1. The lowest BCUT2D eigenvalue weighted by atomic mass is 10.2. The van der Waals surface area contributed by atoms with E-state index in [4.69, 9.17) is 9.90 Å². The molecule has 1 amide bonds. The Bertz CT molecular complexity index is 465. The van der Waals surface area contributed by atoms with E-state index < -0.39 is 18.1 Å². The highest BCUT2D eigenvalue weighted by Gasteiger charge is 2.38. The lowest BCUT2D eigenvalue weighted by Crippen LogP contribution is -2.21. The fourth-order valence-electron chi connectivity index (χ4n) is 0.769. The summed E-state index contributed by atoms with van der Waals surface area (Å²) in [7, 11) is 0. The van der Waals surface area contributed by atoms with Gasteiger partial charge in [-0.05, 0) is 0 Å². The van der Waals surface area contributed by atoms with Crippen molar-refractivity contribution in [1.82, 2.24) is 5.16 Å². The monoisotopic (exact) mass is 251 g/mol. The Morgan fingerprint density at radius 1 is 1.47 bits per heavy atom. The molecule has 17 heavy (non-hydrogen) atoms. The lowest BCUT2D eigenvalue weighted by molar-refractivity contribution is -0.192. The van der Waals surface area contributed by atoms with Gasteiger partial charge in [0, 0.05) is 5.56 Å². The maximum atomic E-state index is 10.8. The van der Waals surface area contributed by atoms with Gasteiger partial charge in [-0.2, -0.15) is 18.3 Å². The van der Waals surface area contributed by atoms with Crippen LogP contribution in [0.1, 0.15) is 16.1 Å². The van der Waals surface area contributed by atoms with Crippen molar-refractivity contribution in [2.45, 2.75) is 12.7 Å². The molecule has 0 spiro atoms. The Labute approximate surface area is 90.9 Å². The van der Waals surface area contributed by atoms with Gasteiger partial charge in [0.25, 0.3) is 0 Å². The van der Waals surface area contributed by atoms with Gasteiger partial charge in [0.05, 0.1) is 6.54 Å². The zero-order valence-corrected chi connectivity index (χ0v) is 7.93. The van der Waals surface area contributed by atoms with Gasteiger partial charge in [-0.3, -0.25) is 4.79 Å². The van der Waals surface area contributed by atoms with Crippen LogP contribution in [0.5, 0.6) is 0 Å². The molecule has 0 saturated carbocycles. The molecule has 0 fully saturated rings. The minimum Gasteiger partial charge on any atom is -0.475 e.